The number of amides is 2. The van der Waals surface area contributed by atoms with Crippen LogP contribution in [0.3, 0.4) is 0 Å². The average Bonchev–Trinajstić information content (AvgIpc) is 3.28. The van der Waals surface area contributed by atoms with Crippen molar-refractivity contribution < 1.29 is 14.3 Å². The highest BCUT2D eigenvalue weighted by atomic mass is 32.2. The first-order valence-corrected chi connectivity index (χ1v) is 10.4. The third-order valence-corrected chi connectivity index (χ3v) is 6.18. The Morgan fingerprint density at radius 1 is 1.25 bits per heavy atom. The molecule has 6 nitrogen and oxygen atoms in total. The van der Waals surface area contributed by atoms with Crippen molar-refractivity contribution in [2.24, 2.45) is 0 Å². The van der Waals surface area contributed by atoms with E-state index in [1.165, 1.54) is 11.8 Å². The number of thiocarbonyl (C=S) groups is 1. The van der Waals surface area contributed by atoms with E-state index in [9.17, 15) is 9.59 Å². The lowest BCUT2D eigenvalue weighted by Crippen LogP contribution is -2.47. The molecule has 28 heavy (non-hydrogen) atoms. The third-order valence-electron chi connectivity index (χ3n) is 5.00. The first-order chi connectivity index (χ1) is 13.5. The molecule has 0 radical (unpaired) electrons. The Bertz CT molecular complexity index is 871. The second-order valence-corrected chi connectivity index (χ2v) is 8.73. The minimum Gasteiger partial charge on any atom is -0.486 e. The molecule has 3 heterocycles. The summed E-state index contributed by atoms with van der Waals surface area (Å²) in [4.78, 5) is 29.1. The van der Waals surface area contributed by atoms with Gasteiger partial charge >= 0.3 is 0 Å². The number of likely N-dealkylation sites (N-methyl/N-ethyl adjacent to an activating group) is 1. The topological polar surface area (TPSA) is 61.9 Å². The van der Waals surface area contributed by atoms with Gasteiger partial charge in [-0.25, -0.2) is 0 Å². The van der Waals surface area contributed by atoms with Gasteiger partial charge in [-0.3, -0.25) is 9.59 Å². The Labute approximate surface area is 173 Å². The standard InChI is InChI=1S/C20H21N3O3S2/c1-22-8-10-23(11-9-22)19(25)14-4-2-13(3-5-14)16-7-6-15(26-16)12-17-18(24)21-20(27)28-17/h2-5,7,12,15H,6,8-11H2,1H3,(H,21,24,27)/b17-12-. The number of rotatable bonds is 3. The molecule has 1 aromatic carbocycles. The molecule has 1 unspecified atom stereocenters. The van der Waals surface area contributed by atoms with Crippen molar-refractivity contribution in [3.8, 4) is 0 Å². The van der Waals surface area contributed by atoms with Gasteiger partial charge in [-0.05, 0) is 31.3 Å². The van der Waals surface area contributed by atoms with E-state index in [0.717, 1.165) is 37.5 Å². The monoisotopic (exact) mass is 415 g/mol. The molecule has 2 amide bonds. The van der Waals surface area contributed by atoms with Crippen LogP contribution in [0.1, 0.15) is 22.3 Å². The summed E-state index contributed by atoms with van der Waals surface area (Å²) in [6.45, 7) is 3.33. The molecule has 4 rings (SSSR count). The lowest BCUT2D eigenvalue weighted by Gasteiger charge is -2.32. The summed E-state index contributed by atoms with van der Waals surface area (Å²) in [6.07, 6.45) is 4.33. The summed E-state index contributed by atoms with van der Waals surface area (Å²) < 4.78 is 6.44. The molecule has 0 aromatic heterocycles. The zero-order valence-electron chi connectivity index (χ0n) is 15.5. The largest absolute Gasteiger partial charge is 0.486 e. The molecular weight excluding hydrogens is 394 g/mol. The SMILES string of the molecule is CN1CCN(C(=O)c2ccc(C3=CCC(/C=C4\SC(=S)NC4=O)O3)cc2)CC1. The van der Waals surface area contributed by atoms with E-state index in [4.69, 9.17) is 17.0 Å². The third kappa shape index (κ3) is 4.14. The van der Waals surface area contributed by atoms with Crippen LogP contribution in [0.15, 0.2) is 41.3 Å². The maximum atomic E-state index is 12.6. The number of carbonyl (C=O) groups excluding carboxylic acids is 2. The summed E-state index contributed by atoms with van der Waals surface area (Å²) in [5.74, 6) is 0.675. The van der Waals surface area contributed by atoms with Gasteiger partial charge in [0.1, 0.15) is 16.2 Å². The van der Waals surface area contributed by atoms with Crippen molar-refractivity contribution in [2.75, 3.05) is 33.2 Å². The van der Waals surface area contributed by atoms with Crippen molar-refractivity contribution in [3.63, 3.8) is 0 Å². The van der Waals surface area contributed by atoms with E-state index in [-0.39, 0.29) is 17.9 Å². The molecule has 3 aliphatic heterocycles. The van der Waals surface area contributed by atoms with Crippen molar-refractivity contribution >= 4 is 45.9 Å². The van der Waals surface area contributed by atoms with Crippen LogP contribution in [0.5, 0.6) is 0 Å². The van der Waals surface area contributed by atoms with Crippen molar-refractivity contribution in [3.05, 3.63) is 52.4 Å². The number of ether oxygens (including phenoxy) is 1. The van der Waals surface area contributed by atoms with Gasteiger partial charge in [0.25, 0.3) is 11.8 Å². The number of piperazine rings is 1. The molecule has 1 atom stereocenters. The highest BCUT2D eigenvalue weighted by Gasteiger charge is 2.26. The van der Waals surface area contributed by atoms with Gasteiger partial charge in [0.2, 0.25) is 0 Å². The number of carbonyl (C=O) groups is 2. The minimum absolute atomic E-state index is 0.0730. The van der Waals surface area contributed by atoms with Crippen LogP contribution in [0, 0.1) is 0 Å². The molecule has 0 aliphatic carbocycles. The molecular formula is C20H21N3O3S2. The summed E-state index contributed by atoms with van der Waals surface area (Å²) in [6, 6.07) is 7.53. The van der Waals surface area contributed by atoms with Gasteiger partial charge in [-0.15, -0.1) is 0 Å². The number of nitrogens with one attached hydrogen (secondary N) is 1. The van der Waals surface area contributed by atoms with Crippen molar-refractivity contribution in [1.82, 2.24) is 15.1 Å². The minimum atomic E-state index is -0.184. The van der Waals surface area contributed by atoms with Crippen LogP contribution in [0.25, 0.3) is 5.76 Å². The molecule has 2 fully saturated rings. The molecule has 0 bridgehead atoms. The number of thioether (sulfide) groups is 1. The highest BCUT2D eigenvalue weighted by Crippen LogP contribution is 2.31. The lowest BCUT2D eigenvalue weighted by molar-refractivity contribution is -0.115. The number of nitrogens with zero attached hydrogens (tertiary/aromatic N) is 2. The van der Waals surface area contributed by atoms with Crippen molar-refractivity contribution in [2.45, 2.75) is 12.5 Å². The molecule has 146 valence electrons. The quantitative estimate of drug-likeness (QED) is 0.604. The Morgan fingerprint density at radius 2 is 1.96 bits per heavy atom. The Kier molecular flexibility index (Phi) is 5.52. The predicted octanol–water partition coefficient (Wildman–Crippen LogP) is 2.24. The van der Waals surface area contributed by atoms with Gasteiger partial charge in [0, 0.05) is 43.7 Å². The van der Waals surface area contributed by atoms with E-state index in [1.807, 2.05) is 41.3 Å². The molecule has 3 aliphatic rings. The van der Waals surface area contributed by atoms with E-state index in [2.05, 4.69) is 17.3 Å². The van der Waals surface area contributed by atoms with Crippen LogP contribution < -0.4 is 5.32 Å². The van der Waals surface area contributed by atoms with Gasteiger partial charge in [-0.2, -0.15) is 0 Å². The second kappa shape index (κ2) is 8.06. The predicted molar refractivity (Wildman–Crippen MR) is 114 cm³/mol. The molecule has 1 N–H and O–H groups in total. The molecule has 1 aromatic rings. The zero-order valence-corrected chi connectivity index (χ0v) is 17.1. The van der Waals surface area contributed by atoms with Crippen LogP contribution in [-0.4, -0.2) is 65.3 Å². The summed E-state index contributed by atoms with van der Waals surface area (Å²) in [5, 5.41) is 2.61. The van der Waals surface area contributed by atoms with E-state index in [1.54, 1.807) is 0 Å². The van der Waals surface area contributed by atoms with E-state index in [0.29, 0.717) is 21.2 Å². The normalized spacial score (nSPS) is 24.3. The summed E-state index contributed by atoms with van der Waals surface area (Å²) in [5.41, 5.74) is 1.62. The fourth-order valence-electron chi connectivity index (χ4n) is 3.34. The van der Waals surface area contributed by atoms with E-state index >= 15 is 0 Å². The first-order valence-electron chi connectivity index (χ1n) is 9.19. The Balaban J connectivity index is 1.38. The van der Waals surface area contributed by atoms with Gasteiger partial charge < -0.3 is 19.9 Å². The zero-order chi connectivity index (χ0) is 19.7. The van der Waals surface area contributed by atoms with E-state index < -0.39 is 0 Å². The molecule has 2 saturated heterocycles. The first kappa shape index (κ1) is 19.2. The highest BCUT2D eigenvalue weighted by molar-refractivity contribution is 8.26. The Hall–Kier alpha value is -2.16. The fourth-order valence-corrected chi connectivity index (χ4v) is 4.41. The molecule has 0 spiro atoms. The van der Waals surface area contributed by atoms with Crippen LogP contribution >= 0.6 is 24.0 Å². The maximum Gasteiger partial charge on any atom is 0.263 e. The van der Waals surface area contributed by atoms with Gasteiger partial charge in [0.15, 0.2) is 0 Å². The molecule has 8 heteroatoms. The van der Waals surface area contributed by atoms with Crippen LogP contribution in [-0.2, 0) is 9.53 Å². The summed E-state index contributed by atoms with van der Waals surface area (Å²) >= 11 is 6.26. The smallest absolute Gasteiger partial charge is 0.263 e. The van der Waals surface area contributed by atoms with Crippen molar-refractivity contribution in [1.29, 1.82) is 0 Å². The molecule has 0 saturated carbocycles. The maximum absolute atomic E-state index is 12.6. The second-order valence-electron chi connectivity index (χ2n) is 7.01. The van der Waals surface area contributed by atoms with Gasteiger partial charge in [-0.1, -0.05) is 36.1 Å². The lowest BCUT2D eigenvalue weighted by atomic mass is 10.1. The number of benzene rings is 1. The fraction of sp³-hybridized carbons (Fsp3) is 0.350. The van der Waals surface area contributed by atoms with Crippen LogP contribution in [0.2, 0.25) is 0 Å². The number of hydrogen-bond donors (Lipinski definition) is 1. The van der Waals surface area contributed by atoms with Crippen LogP contribution in [0.4, 0.5) is 0 Å². The Morgan fingerprint density at radius 3 is 2.61 bits per heavy atom. The summed E-state index contributed by atoms with van der Waals surface area (Å²) in [7, 11) is 2.07. The average molecular weight is 416 g/mol. The van der Waals surface area contributed by atoms with Gasteiger partial charge in [0.05, 0.1) is 4.91 Å². The number of hydrogen-bond acceptors (Lipinski definition) is 6.